The van der Waals surface area contributed by atoms with E-state index in [1.165, 1.54) is 18.4 Å². The highest BCUT2D eigenvalue weighted by Crippen LogP contribution is 2.23. The Morgan fingerprint density at radius 3 is 2.00 bits per heavy atom. The van der Waals surface area contributed by atoms with Gasteiger partial charge in [0.05, 0.1) is 0 Å². The van der Waals surface area contributed by atoms with E-state index in [4.69, 9.17) is 4.74 Å². The minimum atomic E-state index is 0.855. The van der Waals surface area contributed by atoms with Gasteiger partial charge in [0.25, 0.3) is 0 Å². The van der Waals surface area contributed by atoms with E-state index < -0.39 is 0 Å². The quantitative estimate of drug-likeness (QED) is 0.435. The summed E-state index contributed by atoms with van der Waals surface area (Å²) in [6.07, 6.45) is 3.72. The molecule has 0 spiro atoms. The van der Waals surface area contributed by atoms with Crippen LogP contribution in [-0.4, -0.2) is 13.2 Å². The van der Waals surface area contributed by atoms with Gasteiger partial charge in [-0.15, -0.1) is 0 Å². The lowest BCUT2D eigenvalue weighted by molar-refractivity contribution is 0.148. The van der Waals surface area contributed by atoms with E-state index in [-0.39, 0.29) is 0 Å². The Labute approximate surface area is 64.1 Å². The molecule has 1 heteroatoms. The van der Waals surface area contributed by atoms with Crippen molar-refractivity contribution in [2.75, 3.05) is 13.2 Å². The largest absolute Gasteiger partial charge is 0.382 e. The highest BCUT2D eigenvalue weighted by molar-refractivity contribution is 5.09. The zero-order valence-electron chi connectivity index (χ0n) is 7.15. The van der Waals surface area contributed by atoms with Crippen molar-refractivity contribution < 1.29 is 4.74 Å². The highest BCUT2D eigenvalue weighted by atomic mass is 16.5. The lowest BCUT2D eigenvalue weighted by Crippen LogP contribution is -1.88. The van der Waals surface area contributed by atoms with Crippen LogP contribution in [-0.2, 0) is 4.74 Å². The number of allylic oxidation sites excluding steroid dienone is 1. The van der Waals surface area contributed by atoms with E-state index in [2.05, 4.69) is 13.5 Å². The first-order chi connectivity index (χ1) is 4.81. The molecule has 1 saturated carbocycles. The van der Waals surface area contributed by atoms with E-state index in [0.29, 0.717) is 0 Å². The Balaban J connectivity index is 0.000000172. The molecular weight excluding hydrogens is 124 g/mol. The molecule has 0 heterocycles. The Hall–Kier alpha value is -0.300. The second-order valence-electron chi connectivity index (χ2n) is 2.45. The molecule has 0 radical (unpaired) electrons. The Bertz CT molecular complexity index is 76.7. The van der Waals surface area contributed by atoms with E-state index in [9.17, 15) is 0 Å². The van der Waals surface area contributed by atoms with Gasteiger partial charge < -0.3 is 4.74 Å². The van der Waals surface area contributed by atoms with Crippen LogP contribution in [0.15, 0.2) is 12.2 Å². The average Bonchev–Trinajstić information content (AvgIpc) is 2.69. The van der Waals surface area contributed by atoms with Gasteiger partial charge in [-0.25, -0.2) is 0 Å². The van der Waals surface area contributed by atoms with E-state index >= 15 is 0 Å². The zero-order chi connectivity index (χ0) is 7.82. The average molecular weight is 142 g/mol. The van der Waals surface area contributed by atoms with Crippen LogP contribution < -0.4 is 0 Å². The smallest absolute Gasteiger partial charge is 0.0463 e. The van der Waals surface area contributed by atoms with Crippen LogP contribution in [0.25, 0.3) is 0 Å². The summed E-state index contributed by atoms with van der Waals surface area (Å²) in [5.74, 6) is 0. The molecule has 1 nitrogen and oxygen atoms in total. The molecule has 0 saturated heterocycles. The fourth-order valence-electron chi connectivity index (χ4n) is 0.377. The molecule has 0 N–H and O–H groups in total. The second kappa shape index (κ2) is 6.81. The van der Waals surface area contributed by atoms with Crippen molar-refractivity contribution in [3.8, 4) is 0 Å². The summed E-state index contributed by atoms with van der Waals surface area (Å²) in [6, 6.07) is 0. The maximum atomic E-state index is 4.98. The van der Waals surface area contributed by atoms with Gasteiger partial charge in [0.2, 0.25) is 0 Å². The Kier molecular flexibility index (Phi) is 6.61. The summed E-state index contributed by atoms with van der Waals surface area (Å²) in [7, 11) is 0. The molecule has 1 fully saturated rings. The normalized spacial score (nSPS) is 14.0. The molecular formula is C9H18O. The molecule has 0 atom stereocenters. The fraction of sp³-hybridized carbons (Fsp3) is 0.778. The molecule has 0 aliphatic heterocycles. The van der Waals surface area contributed by atoms with Gasteiger partial charge in [-0.1, -0.05) is 19.1 Å². The molecule has 0 aromatic carbocycles. The summed E-state index contributed by atoms with van der Waals surface area (Å²) in [4.78, 5) is 0. The van der Waals surface area contributed by atoms with Crippen LogP contribution in [0.1, 0.15) is 33.1 Å². The first-order valence-electron chi connectivity index (χ1n) is 4.05. The van der Waals surface area contributed by atoms with Gasteiger partial charge >= 0.3 is 0 Å². The fourth-order valence-corrected chi connectivity index (χ4v) is 0.377. The third-order valence-electron chi connectivity index (χ3n) is 1.16. The summed E-state index contributed by atoms with van der Waals surface area (Å²) in [5, 5.41) is 0. The van der Waals surface area contributed by atoms with Crippen molar-refractivity contribution in [2.45, 2.75) is 33.1 Å². The molecule has 1 aliphatic carbocycles. The van der Waals surface area contributed by atoms with E-state index in [0.717, 1.165) is 19.6 Å². The maximum absolute atomic E-state index is 4.98. The molecule has 0 unspecified atom stereocenters. The maximum Gasteiger partial charge on any atom is 0.0463 e. The lowest BCUT2D eigenvalue weighted by Gasteiger charge is -1.91. The zero-order valence-corrected chi connectivity index (χ0v) is 7.15. The summed E-state index contributed by atoms with van der Waals surface area (Å²) < 4.78 is 4.98. The SMILES string of the molecule is C=C1CC1.CCCOCC. The van der Waals surface area contributed by atoms with Crippen LogP contribution in [0.5, 0.6) is 0 Å². The minimum absolute atomic E-state index is 0.855. The highest BCUT2D eigenvalue weighted by Gasteiger charge is 2.04. The van der Waals surface area contributed by atoms with Gasteiger partial charge in [-0.3, -0.25) is 0 Å². The first-order valence-corrected chi connectivity index (χ1v) is 4.05. The van der Waals surface area contributed by atoms with Crippen LogP contribution >= 0.6 is 0 Å². The number of hydrogen-bond donors (Lipinski definition) is 0. The van der Waals surface area contributed by atoms with Crippen molar-refractivity contribution in [1.82, 2.24) is 0 Å². The topological polar surface area (TPSA) is 9.23 Å². The number of rotatable bonds is 3. The standard InChI is InChI=1S/C5H12O.C4H6/c1-3-5-6-4-2;1-4-2-3-4/h3-5H2,1-2H3;1-3H2. The van der Waals surface area contributed by atoms with Crippen molar-refractivity contribution in [3.05, 3.63) is 12.2 Å². The molecule has 0 amide bonds. The van der Waals surface area contributed by atoms with Gasteiger partial charge in [0, 0.05) is 13.2 Å². The van der Waals surface area contributed by atoms with E-state index in [1.54, 1.807) is 0 Å². The molecule has 1 rings (SSSR count). The van der Waals surface area contributed by atoms with Crippen LogP contribution in [0.2, 0.25) is 0 Å². The van der Waals surface area contributed by atoms with Crippen LogP contribution in [0.4, 0.5) is 0 Å². The van der Waals surface area contributed by atoms with Crippen LogP contribution in [0, 0.1) is 0 Å². The third kappa shape index (κ3) is 10.6. The Morgan fingerprint density at radius 1 is 1.40 bits per heavy atom. The van der Waals surface area contributed by atoms with Crippen molar-refractivity contribution in [1.29, 1.82) is 0 Å². The van der Waals surface area contributed by atoms with Gasteiger partial charge in [0.15, 0.2) is 0 Å². The molecule has 0 aromatic rings. The van der Waals surface area contributed by atoms with Crippen LogP contribution in [0.3, 0.4) is 0 Å². The molecule has 0 bridgehead atoms. The minimum Gasteiger partial charge on any atom is -0.382 e. The lowest BCUT2D eigenvalue weighted by atomic mass is 10.5. The van der Waals surface area contributed by atoms with E-state index in [1.807, 2.05) is 6.92 Å². The number of ether oxygens (including phenoxy) is 1. The van der Waals surface area contributed by atoms with Gasteiger partial charge in [-0.05, 0) is 26.2 Å². The predicted molar refractivity (Wildman–Crippen MR) is 45.2 cm³/mol. The van der Waals surface area contributed by atoms with Gasteiger partial charge in [0.1, 0.15) is 0 Å². The molecule has 10 heavy (non-hydrogen) atoms. The molecule has 1 aliphatic rings. The van der Waals surface area contributed by atoms with Crippen molar-refractivity contribution >= 4 is 0 Å². The molecule has 0 aromatic heterocycles. The first kappa shape index (κ1) is 9.70. The van der Waals surface area contributed by atoms with Gasteiger partial charge in [-0.2, -0.15) is 0 Å². The summed E-state index contributed by atoms with van der Waals surface area (Å²) in [5.41, 5.74) is 1.42. The predicted octanol–water partition coefficient (Wildman–Crippen LogP) is 2.77. The summed E-state index contributed by atoms with van der Waals surface area (Å²) >= 11 is 0. The monoisotopic (exact) mass is 142 g/mol. The van der Waals surface area contributed by atoms with Crippen molar-refractivity contribution in [3.63, 3.8) is 0 Å². The van der Waals surface area contributed by atoms with Crippen molar-refractivity contribution in [2.24, 2.45) is 0 Å². The Morgan fingerprint density at radius 2 is 1.90 bits per heavy atom. The number of hydrogen-bond acceptors (Lipinski definition) is 1. The summed E-state index contributed by atoms with van der Waals surface area (Å²) in [6.45, 7) is 9.55. The molecule has 60 valence electrons. The third-order valence-corrected chi connectivity index (χ3v) is 1.16. The second-order valence-corrected chi connectivity index (χ2v) is 2.45.